The number of hydrogen-bond acceptors (Lipinski definition) is 3. The topological polar surface area (TPSA) is 41.6 Å². The lowest BCUT2D eigenvalue weighted by molar-refractivity contribution is -0.137. The average Bonchev–Trinajstić information content (AvgIpc) is 2.58. The number of nitrogens with zero attached hydrogens (tertiary/aromatic N) is 1. The Kier molecular flexibility index (Phi) is 3.50. The Balaban J connectivity index is 2.02. The first-order chi connectivity index (χ1) is 7.62. The molecule has 2 rings (SSSR count). The summed E-state index contributed by atoms with van der Waals surface area (Å²) in [6.45, 7) is 7.36. The molecule has 2 aliphatic heterocycles. The highest BCUT2D eigenvalue weighted by Crippen LogP contribution is 2.22. The predicted octanol–water partition coefficient (Wildman–Crippen LogP) is 0.766. The van der Waals surface area contributed by atoms with Gasteiger partial charge in [0.1, 0.15) is 0 Å². The molecule has 1 N–H and O–H groups in total. The third kappa shape index (κ3) is 2.38. The van der Waals surface area contributed by atoms with Crippen molar-refractivity contribution in [3.63, 3.8) is 0 Å². The van der Waals surface area contributed by atoms with Crippen LogP contribution < -0.4 is 5.32 Å². The van der Waals surface area contributed by atoms with Crippen LogP contribution in [-0.4, -0.2) is 48.7 Å². The second-order valence-corrected chi connectivity index (χ2v) is 5.15. The van der Waals surface area contributed by atoms with E-state index in [0.717, 1.165) is 45.5 Å². The van der Waals surface area contributed by atoms with Crippen LogP contribution >= 0.6 is 0 Å². The molecule has 0 aromatic carbocycles. The van der Waals surface area contributed by atoms with Crippen LogP contribution in [0.3, 0.4) is 0 Å². The second kappa shape index (κ2) is 4.72. The molecule has 92 valence electrons. The summed E-state index contributed by atoms with van der Waals surface area (Å²) in [5.41, 5.74) is -0.329. The third-order valence-corrected chi connectivity index (χ3v) is 3.58. The number of hydrogen-bond donors (Lipinski definition) is 1. The molecule has 2 unspecified atom stereocenters. The van der Waals surface area contributed by atoms with Crippen molar-refractivity contribution in [1.29, 1.82) is 0 Å². The molecule has 0 bridgehead atoms. The lowest BCUT2D eigenvalue weighted by Crippen LogP contribution is -2.54. The van der Waals surface area contributed by atoms with Crippen LogP contribution in [0.15, 0.2) is 0 Å². The molecule has 2 heterocycles. The zero-order chi connectivity index (χ0) is 11.6. The molecule has 1 amide bonds. The highest BCUT2D eigenvalue weighted by atomic mass is 16.5. The summed E-state index contributed by atoms with van der Waals surface area (Å²) in [5.74, 6) is 0.252. The monoisotopic (exact) mass is 226 g/mol. The molecule has 0 aliphatic carbocycles. The maximum Gasteiger partial charge on any atom is 0.242 e. The van der Waals surface area contributed by atoms with E-state index in [1.165, 1.54) is 0 Å². The lowest BCUT2D eigenvalue weighted by atomic mass is 9.98. The maximum atomic E-state index is 12.4. The van der Waals surface area contributed by atoms with Gasteiger partial charge in [-0.2, -0.15) is 0 Å². The number of amides is 1. The van der Waals surface area contributed by atoms with Gasteiger partial charge in [0.05, 0.1) is 11.6 Å². The fourth-order valence-electron chi connectivity index (χ4n) is 2.60. The Morgan fingerprint density at radius 2 is 2.31 bits per heavy atom. The van der Waals surface area contributed by atoms with Crippen LogP contribution in [0.2, 0.25) is 0 Å². The summed E-state index contributed by atoms with van der Waals surface area (Å²) in [7, 11) is 0. The minimum absolute atomic E-state index is 0.163. The number of carbonyl (C=O) groups is 1. The summed E-state index contributed by atoms with van der Waals surface area (Å²) in [4.78, 5) is 14.4. The second-order valence-electron chi connectivity index (χ2n) is 5.15. The van der Waals surface area contributed by atoms with Crippen LogP contribution in [0.4, 0.5) is 0 Å². The molecule has 0 aromatic rings. The minimum Gasteiger partial charge on any atom is -0.377 e. The number of nitrogens with one attached hydrogen (secondary N) is 1. The van der Waals surface area contributed by atoms with Gasteiger partial charge in [-0.3, -0.25) is 4.79 Å². The minimum atomic E-state index is -0.329. The highest BCUT2D eigenvalue weighted by Gasteiger charge is 2.39. The quantitative estimate of drug-likeness (QED) is 0.718. The Morgan fingerprint density at radius 1 is 1.50 bits per heavy atom. The Labute approximate surface area is 97.3 Å². The highest BCUT2D eigenvalue weighted by molar-refractivity contribution is 5.86. The van der Waals surface area contributed by atoms with E-state index < -0.39 is 0 Å². The van der Waals surface area contributed by atoms with E-state index in [9.17, 15) is 4.79 Å². The number of rotatable bonds is 1. The van der Waals surface area contributed by atoms with Crippen molar-refractivity contribution < 1.29 is 9.53 Å². The molecular weight excluding hydrogens is 204 g/mol. The van der Waals surface area contributed by atoms with Crippen molar-refractivity contribution in [2.24, 2.45) is 0 Å². The van der Waals surface area contributed by atoms with Crippen molar-refractivity contribution in [3.05, 3.63) is 0 Å². The van der Waals surface area contributed by atoms with Crippen LogP contribution in [-0.2, 0) is 9.53 Å². The van der Waals surface area contributed by atoms with Crippen molar-refractivity contribution in [2.75, 3.05) is 26.2 Å². The summed E-state index contributed by atoms with van der Waals surface area (Å²) in [6, 6.07) is 0. The zero-order valence-electron chi connectivity index (χ0n) is 10.3. The van der Waals surface area contributed by atoms with Gasteiger partial charge in [0.15, 0.2) is 0 Å². The third-order valence-electron chi connectivity index (χ3n) is 3.58. The van der Waals surface area contributed by atoms with Crippen LogP contribution in [0.1, 0.15) is 33.1 Å². The van der Waals surface area contributed by atoms with Crippen molar-refractivity contribution >= 4 is 5.91 Å². The molecule has 2 aliphatic rings. The van der Waals surface area contributed by atoms with Gasteiger partial charge in [0.2, 0.25) is 5.91 Å². The molecule has 0 saturated carbocycles. The van der Waals surface area contributed by atoms with Crippen LogP contribution in [0.25, 0.3) is 0 Å². The first-order valence-corrected chi connectivity index (χ1v) is 6.28. The van der Waals surface area contributed by atoms with Crippen LogP contribution in [0.5, 0.6) is 0 Å². The summed E-state index contributed by atoms with van der Waals surface area (Å²) >= 11 is 0. The van der Waals surface area contributed by atoms with Gasteiger partial charge in [-0.1, -0.05) is 0 Å². The molecule has 0 spiro atoms. The largest absolute Gasteiger partial charge is 0.377 e. The van der Waals surface area contributed by atoms with Crippen molar-refractivity contribution in [1.82, 2.24) is 10.2 Å². The normalized spacial score (nSPS) is 36.1. The maximum absolute atomic E-state index is 12.4. The van der Waals surface area contributed by atoms with E-state index in [0.29, 0.717) is 0 Å². The van der Waals surface area contributed by atoms with E-state index in [2.05, 4.69) is 5.32 Å². The smallest absolute Gasteiger partial charge is 0.242 e. The fraction of sp³-hybridized carbons (Fsp3) is 0.917. The van der Waals surface area contributed by atoms with Crippen molar-refractivity contribution in [3.8, 4) is 0 Å². The Hall–Kier alpha value is -0.610. The van der Waals surface area contributed by atoms with Crippen LogP contribution in [0, 0.1) is 0 Å². The van der Waals surface area contributed by atoms with E-state index >= 15 is 0 Å². The van der Waals surface area contributed by atoms with Gasteiger partial charge < -0.3 is 15.0 Å². The van der Waals surface area contributed by atoms with Gasteiger partial charge in [0, 0.05) is 19.7 Å². The fourth-order valence-corrected chi connectivity index (χ4v) is 2.60. The molecule has 0 aromatic heterocycles. The van der Waals surface area contributed by atoms with Gasteiger partial charge in [-0.25, -0.2) is 0 Å². The lowest BCUT2D eigenvalue weighted by Gasteiger charge is -2.31. The predicted molar refractivity (Wildman–Crippen MR) is 62.3 cm³/mol. The molecular formula is C12H22N2O2. The standard InChI is InChI=1S/C12H22N2O2/c1-10-9-14(7-4-8-16-10)11(15)12(2)5-3-6-13-12/h10,13H,3-9H2,1-2H3. The Bertz CT molecular complexity index is 262. The average molecular weight is 226 g/mol. The van der Waals surface area contributed by atoms with Gasteiger partial charge in [-0.15, -0.1) is 0 Å². The Morgan fingerprint density at radius 3 is 3.00 bits per heavy atom. The first-order valence-electron chi connectivity index (χ1n) is 6.28. The van der Waals surface area contributed by atoms with E-state index in [1.54, 1.807) is 0 Å². The van der Waals surface area contributed by atoms with Gasteiger partial charge >= 0.3 is 0 Å². The molecule has 2 atom stereocenters. The molecule has 2 saturated heterocycles. The summed E-state index contributed by atoms with van der Waals surface area (Å²) in [5, 5.41) is 3.33. The SMILES string of the molecule is CC1CN(C(=O)C2(C)CCCN2)CCCO1. The number of ether oxygens (including phenoxy) is 1. The van der Waals surface area contributed by atoms with E-state index in [-0.39, 0.29) is 17.6 Å². The zero-order valence-corrected chi connectivity index (χ0v) is 10.3. The summed E-state index contributed by atoms with van der Waals surface area (Å²) in [6.07, 6.45) is 3.17. The first kappa shape index (κ1) is 11.9. The van der Waals surface area contributed by atoms with E-state index in [4.69, 9.17) is 4.74 Å². The molecule has 2 fully saturated rings. The van der Waals surface area contributed by atoms with Gasteiger partial charge in [0.25, 0.3) is 0 Å². The van der Waals surface area contributed by atoms with E-state index in [1.807, 2.05) is 18.7 Å². The number of carbonyl (C=O) groups excluding carboxylic acids is 1. The molecule has 0 radical (unpaired) electrons. The molecule has 16 heavy (non-hydrogen) atoms. The molecule has 4 heteroatoms. The molecule has 4 nitrogen and oxygen atoms in total. The van der Waals surface area contributed by atoms with Gasteiger partial charge in [-0.05, 0) is 39.7 Å². The summed E-state index contributed by atoms with van der Waals surface area (Å²) < 4.78 is 5.56. The van der Waals surface area contributed by atoms with Crippen molar-refractivity contribution in [2.45, 2.75) is 44.8 Å².